The van der Waals surface area contributed by atoms with Crippen molar-refractivity contribution in [1.29, 1.82) is 0 Å². The zero-order valence-electron chi connectivity index (χ0n) is 11.6. The standard InChI is InChI=1S/C16H18N2O3/c19-15(10-4-3-5-10)18-14(16(20)21)8-11-9-17-13-7-2-1-6-12(11)13/h1-2,6-7,9-10,14,17H,3-5,8H2,(H,18,19)(H,20,21)/t14-/m1/s1. The second kappa shape index (κ2) is 5.60. The van der Waals surface area contributed by atoms with Gasteiger partial charge in [0.15, 0.2) is 0 Å². The zero-order chi connectivity index (χ0) is 14.8. The molecule has 2 aromatic rings. The largest absolute Gasteiger partial charge is 0.480 e. The van der Waals surface area contributed by atoms with Gasteiger partial charge in [0.2, 0.25) is 5.91 Å². The number of carbonyl (C=O) groups is 2. The summed E-state index contributed by atoms with van der Waals surface area (Å²) in [6.07, 6.45) is 4.89. The van der Waals surface area contributed by atoms with Gasteiger partial charge >= 0.3 is 5.97 Å². The first-order valence-corrected chi connectivity index (χ1v) is 7.23. The molecule has 3 rings (SSSR count). The monoisotopic (exact) mass is 286 g/mol. The molecule has 1 aromatic heterocycles. The smallest absolute Gasteiger partial charge is 0.326 e. The van der Waals surface area contributed by atoms with Crippen LogP contribution in [0.1, 0.15) is 24.8 Å². The number of carboxylic acids is 1. The Morgan fingerprint density at radius 3 is 2.76 bits per heavy atom. The average molecular weight is 286 g/mol. The van der Waals surface area contributed by atoms with Crippen LogP contribution in [-0.4, -0.2) is 28.0 Å². The molecule has 1 fully saturated rings. The number of nitrogens with one attached hydrogen (secondary N) is 2. The third-order valence-electron chi connectivity index (χ3n) is 4.19. The highest BCUT2D eigenvalue weighted by Gasteiger charge is 2.29. The van der Waals surface area contributed by atoms with Gasteiger partial charge in [-0.3, -0.25) is 4.79 Å². The van der Waals surface area contributed by atoms with E-state index in [0.29, 0.717) is 0 Å². The number of aromatic nitrogens is 1. The number of carbonyl (C=O) groups excluding carboxylic acids is 1. The number of rotatable bonds is 5. The highest BCUT2D eigenvalue weighted by Crippen LogP contribution is 2.26. The van der Waals surface area contributed by atoms with Crippen LogP contribution < -0.4 is 5.32 Å². The van der Waals surface area contributed by atoms with Crippen LogP contribution in [0.4, 0.5) is 0 Å². The van der Waals surface area contributed by atoms with Crippen LogP contribution >= 0.6 is 0 Å². The number of aromatic amines is 1. The van der Waals surface area contributed by atoms with Crippen molar-refractivity contribution >= 4 is 22.8 Å². The zero-order valence-corrected chi connectivity index (χ0v) is 11.6. The molecule has 21 heavy (non-hydrogen) atoms. The van der Waals surface area contributed by atoms with Gasteiger partial charge in [-0.15, -0.1) is 0 Å². The molecule has 5 heteroatoms. The van der Waals surface area contributed by atoms with Crippen LogP contribution in [0.2, 0.25) is 0 Å². The fourth-order valence-corrected chi connectivity index (χ4v) is 2.68. The lowest BCUT2D eigenvalue weighted by molar-refractivity contribution is -0.143. The molecule has 1 saturated carbocycles. The highest BCUT2D eigenvalue weighted by molar-refractivity contribution is 5.87. The summed E-state index contributed by atoms with van der Waals surface area (Å²) in [6.45, 7) is 0. The molecule has 0 unspecified atom stereocenters. The van der Waals surface area contributed by atoms with Gasteiger partial charge in [-0.05, 0) is 24.5 Å². The number of hydrogen-bond acceptors (Lipinski definition) is 2. The average Bonchev–Trinajstić information content (AvgIpc) is 2.79. The molecule has 0 spiro atoms. The summed E-state index contributed by atoms with van der Waals surface area (Å²) < 4.78 is 0. The van der Waals surface area contributed by atoms with Crippen molar-refractivity contribution in [2.45, 2.75) is 31.7 Å². The Kier molecular flexibility index (Phi) is 3.64. The van der Waals surface area contributed by atoms with Crippen molar-refractivity contribution in [1.82, 2.24) is 10.3 Å². The number of fused-ring (bicyclic) bond motifs is 1. The molecule has 0 aliphatic heterocycles. The van der Waals surface area contributed by atoms with E-state index in [9.17, 15) is 14.7 Å². The fraction of sp³-hybridized carbons (Fsp3) is 0.375. The molecular weight excluding hydrogens is 268 g/mol. The minimum atomic E-state index is -0.993. The molecule has 1 atom stereocenters. The first kappa shape index (κ1) is 13.7. The first-order chi connectivity index (χ1) is 10.1. The number of H-pyrrole nitrogens is 1. The van der Waals surface area contributed by atoms with Crippen molar-refractivity contribution in [2.24, 2.45) is 5.92 Å². The van der Waals surface area contributed by atoms with Gasteiger partial charge in [0.05, 0.1) is 0 Å². The maximum Gasteiger partial charge on any atom is 0.326 e. The Morgan fingerprint density at radius 2 is 2.10 bits per heavy atom. The van der Waals surface area contributed by atoms with Gasteiger partial charge in [0.25, 0.3) is 0 Å². The summed E-state index contributed by atoms with van der Waals surface area (Å²) in [5.74, 6) is -1.13. The number of benzene rings is 1. The van der Waals surface area contributed by atoms with Gasteiger partial charge in [0, 0.05) is 29.4 Å². The van der Waals surface area contributed by atoms with Gasteiger partial charge in [0.1, 0.15) is 6.04 Å². The van der Waals surface area contributed by atoms with Crippen molar-refractivity contribution in [3.05, 3.63) is 36.0 Å². The molecule has 0 saturated heterocycles. The maximum absolute atomic E-state index is 12.0. The number of para-hydroxylation sites is 1. The molecule has 1 amide bonds. The van der Waals surface area contributed by atoms with Gasteiger partial charge in [-0.25, -0.2) is 4.79 Å². The summed E-state index contributed by atoms with van der Waals surface area (Å²) in [4.78, 5) is 26.5. The maximum atomic E-state index is 12.0. The number of hydrogen-bond donors (Lipinski definition) is 3. The Hall–Kier alpha value is -2.30. The summed E-state index contributed by atoms with van der Waals surface area (Å²) in [5.41, 5.74) is 1.88. The van der Waals surface area contributed by atoms with E-state index >= 15 is 0 Å². The Morgan fingerprint density at radius 1 is 1.33 bits per heavy atom. The normalized spacial score (nSPS) is 16.4. The third kappa shape index (κ3) is 2.77. The van der Waals surface area contributed by atoms with E-state index in [2.05, 4.69) is 10.3 Å². The lowest BCUT2D eigenvalue weighted by Gasteiger charge is -2.26. The Bertz CT molecular complexity index is 673. The van der Waals surface area contributed by atoms with E-state index in [0.717, 1.165) is 35.7 Å². The second-order valence-electron chi connectivity index (χ2n) is 5.59. The van der Waals surface area contributed by atoms with E-state index in [1.54, 1.807) is 0 Å². The molecule has 3 N–H and O–H groups in total. The van der Waals surface area contributed by atoms with Crippen molar-refractivity contribution in [3.63, 3.8) is 0 Å². The number of aliphatic carboxylic acids is 1. The van der Waals surface area contributed by atoms with Crippen LogP contribution in [0.25, 0.3) is 10.9 Å². The predicted molar refractivity (Wildman–Crippen MR) is 78.9 cm³/mol. The molecule has 5 nitrogen and oxygen atoms in total. The topological polar surface area (TPSA) is 82.2 Å². The summed E-state index contributed by atoms with van der Waals surface area (Å²) in [6, 6.07) is 6.87. The van der Waals surface area contributed by atoms with Crippen LogP contribution in [0.5, 0.6) is 0 Å². The number of carboxylic acid groups (broad SMARTS) is 1. The minimum absolute atomic E-state index is 0.00480. The predicted octanol–water partition coefficient (Wildman–Crippen LogP) is 2.08. The summed E-state index contributed by atoms with van der Waals surface area (Å²) in [5, 5.41) is 13.0. The van der Waals surface area contributed by atoms with E-state index in [4.69, 9.17) is 0 Å². The summed E-state index contributed by atoms with van der Waals surface area (Å²) in [7, 11) is 0. The molecule has 1 aromatic carbocycles. The van der Waals surface area contributed by atoms with Gasteiger partial charge < -0.3 is 15.4 Å². The van der Waals surface area contributed by atoms with E-state index < -0.39 is 12.0 Å². The molecule has 1 aliphatic rings. The molecular formula is C16H18N2O3. The fourth-order valence-electron chi connectivity index (χ4n) is 2.68. The Balaban J connectivity index is 1.75. The molecule has 110 valence electrons. The van der Waals surface area contributed by atoms with Gasteiger partial charge in [-0.2, -0.15) is 0 Å². The van der Waals surface area contributed by atoms with Crippen molar-refractivity contribution in [2.75, 3.05) is 0 Å². The lowest BCUT2D eigenvalue weighted by atomic mass is 9.84. The van der Waals surface area contributed by atoms with Crippen LogP contribution in [0, 0.1) is 5.92 Å². The Labute approximate surface area is 122 Å². The van der Waals surface area contributed by atoms with E-state index in [-0.39, 0.29) is 18.2 Å². The van der Waals surface area contributed by atoms with Crippen LogP contribution in [0.15, 0.2) is 30.5 Å². The molecule has 1 heterocycles. The van der Waals surface area contributed by atoms with Crippen LogP contribution in [0.3, 0.4) is 0 Å². The molecule has 1 aliphatic carbocycles. The van der Waals surface area contributed by atoms with Crippen LogP contribution in [-0.2, 0) is 16.0 Å². The van der Waals surface area contributed by atoms with E-state index in [1.807, 2.05) is 30.5 Å². The highest BCUT2D eigenvalue weighted by atomic mass is 16.4. The molecule has 0 bridgehead atoms. The number of amides is 1. The molecule has 0 radical (unpaired) electrons. The van der Waals surface area contributed by atoms with Crippen molar-refractivity contribution in [3.8, 4) is 0 Å². The van der Waals surface area contributed by atoms with E-state index in [1.165, 1.54) is 0 Å². The lowest BCUT2D eigenvalue weighted by Crippen LogP contribution is -2.46. The quantitative estimate of drug-likeness (QED) is 0.787. The van der Waals surface area contributed by atoms with Crippen molar-refractivity contribution < 1.29 is 14.7 Å². The summed E-state index contributed by atoms with van der Waals surface area (Å²) >= 11 is 0. The SMILES string of the molecule is O=C(N[C@H](Cc1c[nH]c2ccccc12)C(=O)O)C1CCC1. The minimum Gasteiger partial charge on any atom is -0.480 e. The second-order valence-corrected chi connectivity index (χ2v) is 5.59. The van der Waals surface area contributed by atoms with Gasteiger partial charge in [-0.1, -0.05) is 24.6 Å². The first-order valence-electron chi connectivity index (χ1n) is 7.23. The third-order valence-corrected chi connectivity index (χ3v) is 4.19.